The molecule has 0 rings (SSSR count). The van der Waals surface area contributed by atoms with Crippen molar-refractivity contribution in [1.29, 1.82) is 0 Å². The summed E-state index contributed by atoms with van der Waals surface area (Å²) in [6.45, 7) is 3.53. The quantitative estimate of drug-likeness (QED) is 0.374. The summed E-state index contributed by atoms with van der Waals surface area (Å²) < 4.78 is 4.69. The van der Waals surface area contributed by atoms with Crippen LogP contribution in [0.4, 0.5) is 0 Å². The highest BCUT2D eigenvalue weighted by Gasteiger charge is 1.93. The normalized spacial score (nSPS) is 12.1. The summed E-state index contributed by atoms with van der Waals surface area (Å²) in [5, 5.41) is 0. The predicted molar refractivity (Wildman–Crippen MR) is 45.1 cm³/mol. The average molecular weight is 175 g/mol. The molecule has 0 aliphatic rings. The van der Waals surface area contributed by atoms with Crippen molar-refractivity contribution >= 4 is 17.6 Å². The van der Waals surface area contributed by atoms with E-state index >= 15 is 0 Å². The molecule has 0 amide bonds. The number of esters is 1. The number of carbonyl (C=O) groups excluding carboxylic acids is 1. The van der Waals surface area contributed by atoms with Gasteiger partial charge in [0.2, 0.25) is 0 Å². The monoisotopic (exact) mass is 174 g/mol. The highest BCUT2D eigenvalue weighted by atomic mass is 35.5. The molecule has 0 aromatic heterocycles. The molecule has 0 atom stereocenters. The molecule has 0 aromatic rings. The Hall–Kier alpha value is -0.760. The summed E-state index contributed by atoms with van der Waals surface area (Å²) >= 11 is 5.28. The fourth-order valence-electron chi connectivity index (χ4n) is 0.381. The van der Waals surface area contributed by atoms with Crippen molar-refractivity contribution in [2.24, 2.45) is 0 Å². The molecule has 0 fully saturated rings. The van der Waals surface area contributed by atoms with Gasteiger partial charge in [-0.15, -0.1) is 0 Å². The third-order valence-corrected chi connectivity index (χ3v) is 1.12. The summed E-state index contributed by atoms with van der Waals surface area (Å²) in [4.78, 5) is 10.6. The minimum Gasteiger partial charge on any atom is -0.434 e. The number of ether oxygens (including phenoxy) is 1. The Bertz CT molecular complexity index is 183. The molecule has 2 nitrogen and oxygen atoms in total. The Labute approximate surface area is 71.5 Å². The molecule has 0 aliphatic heterocycles. The molecule has 62 valence electrons. The molecule has 0 unspecified atom stereocenters. The number of rotatable bonds is 3. The third-order valence-electron chi connectivity index (χ3n) is 0.991. The first kappa shape index (κ1) is 10.2. The Morgan fingerprint density at radius 1 is 1.64 bits per heavy atom. The van der Waals surface area contributed by atoms with Gasteiger partial charge in [0.1, 0.15) is 0 Å². The highest BCUT2D eigenvalue weighted by Crippen LogP contribution is 1.97. The number of carbonyl (C=O) groups is 1. The fraction of sp³-hybridized carbons (Fsp3) is 0.375. The SMILES string of the molecule is CCC(=O)OC=C(C)C=CCl. The second-order valence-corrected chi connectivity index (χ2v) is 2.25. The van der Waals surface area contributed by atoms with Gasteiger partial charge in [-0.3, -0.25) is 4.79 Å². The van der Waals surface area contributed by atoms with Gasteiger partial charge in [-0.25, -0.2) is 0 Å². The van der Waals surface area contributed by atoms with Crippen molar-refractivity contribution in [2.75, 3.05) is 0 Å². The summed E-state index contributed by atoms with van der Waals surface area (Å²) in [6, 6.07) is 0. The van der Waals surface area contributed by atoms with Crippen LogP contribution in [-0.2, 0) is 9.53 Å². The Balaban J connectivity index is 3.82. The van der Waals surface area contributed by atoms with Crippen LogP contribution in [0.25, 0.3) is 0 Å². The van der Waals surface area contributed by atoms with E-state index in [4.69, 9.17) is 16.3 Å². The van der Waals surface area contributed by atoms with E-state index in [9.17, 15) is 4.79 Å². The summed E-state index contributed by atoms with van der Waals surface area (Å²) in [5.74, 6) is -0.243. The first-order valence-corrected chi connectivity index (χ1v) is 3.77. The lowest BCUT2D eigenvalue weighted by Crippen LogP contribution is -1.95. The van der Waals surface area contributed by atoms with Crippen LogP contribution in [0, 0.1) is 0 Å². The molecule has 11 heavy (non-hydrogen) atoms. The van der Waals surface area contributed by atoms with Crippen LogP contribution in [0.1, 0.15) is 20.3 Å². The van der Waals surface area contributed by atoms with Crippen LogP contribution < -0.4 is 0 Å². The van der Waals surface area contributed by atoms with E-state index in [1.165, 1.54) is 11.8 Å². The zero-order valence-corrected chi connectivity index (χ0v) is 7.39. The maximum Gasteiger partial charge on any atom is 0.310 e. The van der Waals surface area contributed by atoms with Crippen LogP contribution in [0.2, 0.25) is 0 Å². The van der Waals surface area contributed by atoms with E-state index in [0.29, 0.717) is 6.42 Å². The lowest BCUT2D eigenvalue weighted by molar-refractivity contribution is -0.137. The molecule has 0 bridgehead atoms. The van der Waals surface area contributed by atoms with Gasteiger partial charge in [-0.05, 0) is 18.6 Å². The summed E-state index contributed by atoms with van der Waals surface area (Å²) in [7, 11) is 0. The maximum absolute atomic E-state index is 10.6. The van der Waals surface area contributed by atoms with Crippen molar-refractivity contribution in [1.82, 2.24) is 0 Å². The Morgan fingerprint density at radius 2 is 2.27 bits per heavy atom. The zero-order valence-electron chi connectivity index (χ0n) is 6.63. The molecule has 0 saturated carbocycles. The average Bonchev–Trinajstić information content (AvgIpc) is 2.01. The minimum atomic E-state index is -0.243. The number of halogens is 1. The van der Waals surface area contributed by atoms with Crippen molar-refractivity contribution in [2.45, 2.75) is 20.3 Å². The standard InChI is InChI=1S/C8H11ClO2/c1-3-8(10)11-6-7(2)4-5-9/h4-6H,3H2,1-2H3. The number of hydrogen-bond donors (Lipinski definition) is 0. The van der Waals surface area contributed by atoms with E-state index in [-0.39, 0.29) is 5.97 Å². The molecule has 3 heteroatoms. The van der Waals surface area contributed by atoms with Crippen molar-refractivity contribution in [3.63, 3.8) is 0 Å². The van der Waals surface area contributed by atoms with Crippen molar-refractivity contribution in [3.8, 4) is 0 Å². The molecular weight excluding hydrogens is 164 g/mol. The van der Waals surface area contributed by atoms with Gasteiger partial charge in [0.15, 0.2) is 0 Å². The largest absolute Gasteiger partial charge is 0.434 e. The first-order chi connectivity index (χ1) is 5.20. The van der Waals surface area contributed by atoms with Crippen molar-refractivity contribution < 1.29 is 9.53 Å². The van der Waals surface area contributed by atoms with Crippen LogP contribution in [0.3, 0.4) is 0 Å². The summed E-state index contributed by atoms with van der Waals surface area (Å²) in [5.41, 5.74) is 2.17. The van der Waals surface area contributed by atoms with E-state index in [0.717, 1.165) is 5.57 Å². The first-order valence-electron chi connectivity index (χ1n) is 3.33. The number of hydrogen-bond acceptors (Lipinski definition) is 2. The zero-order chi connectivity index (χ0) is 8.69. The van der Waals surface area contributed by atoms with E-state index in [2.05, 4.69) is 0 Å². The van der Waals surface area contributed by atoms with Crippen LogP contribution in [0.5, 0.6) is 0 Å². The molecular formula is C8H11ClO2. The van der Waals surface area contributed by atoms with E-state index in [1.807, 2.05) is 0 Å². The van der Waals surface area contributed by atoms with Gasteiger partial charge >= 0.3 is 5.97 Å². The second kappa shape index (κ2) is 5.98. The maximum atomic E-state index is 10.6. The Kier molecular flexibility index (Phi) is 5.57. The molecule has 0 N–H and O–H groups in total. The molecule has 0 saturated heterocycles. The fourth-order valence-corrected chi connectivity index (χ4v) is 0.579. The molecule has 0 radical (unpaired) electrons. The van der Waals surface area contributed by atoms with Gasteiger partial charge in [-0.1, -0.05) is 18.5 Å². The molecule has 0 aromatic carbocycles. The highest BCUT2D eigenvalue weighted by molar-refractivity contribution is 6.25. The topological polar surface area (TPSA) is 26.3 Å². The van der Waals surface area contributed by atoms with Crippen LogP contribution >= 0.6 is 11.6 Å². The van der Waals surface area contributed by atoms with E-state index < -0.39 is 0 Å². The van der Waals surface area contributed by atoms with Gasteiger partial charge in [0.05, 0.1) is 6.26 Å². The van der Waals surface area contributed by atoms with E-state index in [1.54, 1.807) is 19.9 Å². The van der Waals surface area contributed by atoms with Crippen LogP contribution in [-0.4, -0.2) is 5.97 Å². The summed E-state index contributed by atoms with van der Waals surface area (Å²) in [6.07, 6.45) is 3.41. The Morgan fingerprint density at radius 3 is 2.73 bits per heavy atom. The molecule has 0 heterocycles. The minimum absolute atomic E-state index is 0.243. The van der Waals surface area contributed by atoms with Gasteiger partial charge in [0, 0.05) is 12.0 Å². The lowest BCUT2D eigenvalue weighted by Gasteiger charge is -1.94. The van der Waals surface area contributed by atoms with Crippen molar-refractivity contribution in [3.05, 3.63) is 23.4 Å². The predicted octanol–water partition coefficient (Wildman–Crippen LogP) is 2.60. The van der Waals surface area contributed by atoms with Gasteiger partial charge in [-0.2, -0.15) is 0 Å². The second-order valence-electron chi connectivity index (χ2n) is 2.00. The number of allylic oxidation sites excluding steroid dienone is 2. The van der Waals surface area contributed by atoms with Crippen LogP contribution in [0.15, 0.2) is 23.4 Å². The van der Waals surface area contributed by atoms with Gasteiger partial charge in [0.25, 0.3) is 0 Å². The van der Waals surface area contributed by atoms with Gasteiger partial charge < -0.3 is 4.74 Å². The molecule has 0 aliphatic carbocycles. The lowest BCUT2D eigenvalue weighted by atomic mass is 10.3. The third kappa shape index (κ3) is 5.67. The molecule has 0 spiro atoms. The smallest absolute Gasteiger partial charge is 0.310 e.